The van der Waals surface area contributed by atoms with E-state index in [1.807, 2.05) is 37.3 Å². The summed E-state index contributed by atoms with van der Waals surface area (Å²) in [7, 11) is 0. The standard InChI is InChI=1S/C21H21N3O3/c1-14-16(12-27-20(26)21(2,3)4)17-18(23-14)22-13-24(19(17)25)11-10-15-8-6-5-7-9-15/h5-9,13,23H,12H2,1-4H3. The maximum absolute atomic E-state index is 12.9. The highest BCUT2D eigenvalue weighted by Gasteiger charge is 2.24. The average Bonchev–Trinajstić information content (AvgIpc) is 2.95. The van der Waals surface area contributed by atoms with Gasteiger partial charge >= 0.3 is 5.97 Å². The van der Waals surface area contributed by atoms with Gasteiger partial charge < -0.3 is 9.72 Å². The topological polar surface area (TPSA) is 77.0 Å². The Kier molecular flexibility index (Phi) is 4.87. The average molecular weight is 363 g/mol. The number of aryl methyl sites for hydroxylation is 1. The van der Waals surface area contributed by atoms with E-state index in [1.54, 1.807) is 20.8 Å². The molecule has 0 saturated carbocycles. The Labute approximate surface area is 157 Å². The molecule has 0 bridgehead atoms. The van der Waals surface area contributed by atoms with Crippen LogP contribution < -0.4 is 5.56 Å². The van der Waals surface area contributed by atoms with Crippen LogP contribution in [0, 0.1) is 24.3 Å². The molecule has 138 valence electrons. The number of aromatic amines is 1. The largest absolute Gasteiger partial charge is 0.460 e. The number of ether oxygens (including phenoxy) is 1. The fraction of sp³-hybridized carbons (Fsp3) is 0.286. The molecule has 2 heterocycles. The number of nitrogens with zero attached hydrogens (tertiary/aromatic N) is 2. The fourth-order valence-corrected chi connectivity index (χ4v) is 2.52. The number of esters is 1. The van der Waals surface area contributed by atoms with Gasteiger partial charge in [-0.1, -0.05) is 18.2 Å². The number of nitrogens with one attached hydrogen (secondary N) is 1. The van der Waals surface area contributed by atoms with Gasteiger partial charge in [-0.15, -0.1) is 0 Å². The maximum Gasteiger partial charge on any atom is 0.311 e. The van der Waals surface area contributed by atoms with E-state index in [2.05, 4.69) is 21.9 Å². The smallest absolute Gasteiger partial charge is 0.311 e. The lowest BCUT2D eigenvalue weighted by Gasteiger charge is -2.16. The summed E-state index contributed by atoms with van der Waals surface area (Å²) in [6, 6.07) is 12.2. The first-order chi connectivity index (χ1) is 12.8. The van der Waals surface area contributed by atoms with Crippen LogP contribution >= 0.6 is 0 Å². The molecule has 0 aliphatic carbocycles. The minimum atomic E-state index is -0.611. The molecule has 6 nitrogen and oxygen atoms in total. The number of H-pyrrole nitrogens is 1. The van der Waals surface area contributed by atoms with Crippen molar-refractivity contribution >= 4 is 17.0 Å². The van der Waals surface area contributed by atoms with Crippen molar-refractivity contribution in [2.45, 2.75) is 34.3 Å². The third-order valence-electron chi connectivity index (χ3n) is 4.09. The highest BCUT2D eigenvalue weighted by molar-refractivity contribution is 5.81. The second-order valence-corrected chi connectivity index (χ2v) is 7.30. The molecule has 0 saturated heterocycles. The molecule has 0 fully saturated rings. The maximum atomic E-state index is 12.9. The number of fused-ring (bicyclic) bond motifs is 1. The number of aromatic nitrogens is 3. The van der Waals surface area contributed by atoms with E-state index < -0.39 is 5.41 Å². The highest BCUT2D eigenvalue weighted by atomic mass is 16.5. The van der Waals surface area contributed by atoms with Crippen LogP contribution in [0.3, 0.4) is 0 Å². The Morgan fingerprint density at radius 2 is 1.96 bits per heavy atom. The summed E-state index contributed by atoms with van der Waals surface area (Å²) in [6.07, 6.45) is 1.39. The zero-order valence-corrected chi connectivity index (χ0v) is 15.8. The molecule has 1 aromatic carbocycles. The van der Waals surface area contributed by atoms with Crippen LogP contribution in [0.25, 0.3) is 11.0 Å². The Balaban J connectivity index is 1.99. The van der Waals surface area contributed by atoms with Crippen molar-refractivity contribution in [1.29, 1.82) is 0 Å². The number of carbonyl (C=O) groups excluding carboxylic acids is 1. The molecule has 3 aromatic rings. The van der Waals surface area contributed by atoms with Crippen LogP contribution in [0.5, 0.6) is 0 Å². The molecule has 3 rings (SSSR count). The number of carbonyl (C=O) groups is 1. The fourth-order valence-electron chi connectivity index (χ4n) is 2.52. The lowest BCUT2D eigenvalue weighted by atomic mass is 9.97. The first-order valence-corrected chi connectivity index (χ1v) is 8.60. The number of rotatable bonds is 2. The summed E-state index contributed by atoms with van der Waals surface area (Å²) in [5, 5.41) is 0.388. The predicted octanol–water partition coefficient (Wildman–Crippen LogP) is 2.98. The summed E-state index contributed by atoms with van der Waals surface area (Å²) in [6.45, 7) is 7.18. The summed E-state index contributed by atoms with van der Waals surface area (Å²) >= 11 is 0. The van der Waals surface area contributed by atoms with Crippen molar-refractivity contribution in [1.82, 2.24) is 14.5 Å². The van der Waals surface area contributed by atoms with Crippen LogP contribution in [-0.4, -0.2) is 20.5 Å². The van der Waals surface area contributed by atoms with Gasteiger partial charge in [-0.25, -0.2) is 9.55 Å². The molecule has 0 amide bonds. The minimum Gasteiger partial charge on any atom is -0.460 e. The monoisotopic (exact) mass is 363 g/mol. The molecule has 0 radical (unpaired) electrons. The molecule has 0 aliphatic heterocycles. The molecular formula is C21H21N3O3. The molecule has 0 spiro atoms. The first-order valence-electron chi connectivity index (χ1n) is 8.60. The number of hydrogen-bond acceptors (Lipinski definition) is 4. The van der Waals surface area contributed by atoms with E-state index in [-0.39, 0.29) is 18.1 Å². The van der Waals surface area contributed by atoms with Gasteiger partial charge in [0.15, 0.2) is 0 Å². The summed E-state index contributed by atoms with van der Waals surface area (Å²) in [5.74, 6) is 2.61. The van der Waals surface area contributed by atoms with E-state index >= 15 is 0 Å². The van der Waals surface area contributed by atoms with Gasteiger partial charge in [0.2, 0.25) is 0 Å². The molecule has 1 N–H and O–H groups in total. The lowest BCUT2D eigenvalue weighted by molar-refractivity contribution is -0.154. The van der Waals surface area contributed by atoms with Crippen molar-refractivity contribution in [3.63, 3.8) is 0 Å². The summed E-state index contributed by atoms with van der Waals surface area (Å²) in [4.78, 5) is 32.3. The van der Waals surface area contributed by atoms with E-state index in [4.69, 9.17) is 4.74 Å². The SMILES string of the molecule is Cc1[nH]c2ncn(C#Cc3ccccc3)c(=O)c2c1COC(=O)C(C)(C)C. The summed E-state index contributed by atoms with van der Waals surface area (Å²) in [5.41, 5.74) is 1.71. The van der Waals surface area contributed by atoms with E-state index in [9.17, 15) is 9.59 Å². The van der Waals surface area contributed by atoms with Crippen LogP contribution in [0.2, 0.25) is 0 Å². The molecule has 2 aromatic heterocycles. The van der Waals surface area contributed by atoms with Crippen molar-refractivity contribution < 1.29 is 9.53 Å². The zero-order chi connectivity index (χ0) is 19.6. The van der Waals surface area contributed by atoms with E-state index in [0.29, 0.717) is 16.6 Å². The predicted molar refractivity (Wildman–Crippen MR) is 103 cm³/mol. The Morgan fingerprint density at radius 1 is 1.26 bits per heavy atom. The second kappa shape index (κ2) is 7.12. The van der Waals surface area contributed by atoms with E-state index in [1.165, 1.54) is 10.9 Å². The molecule has 0 aliphatic rings. The van der Waals surface area contributed by atoms with Crippen LogP contribution in [0.4, 0.5) is 0 Å². The lowest BCUT2D eigenvalue weighted by Crippen LogP contribution is -2.23. The van der Waals surface area contributed by atoms with Gasteiger partial charge in [-0.05, 0) is 45.7 Å². The van der Waals surface area contributed by atoms with Crippen molar-refractivity contribution in [3.8, 4) is 12.0 Å². The molecule has 0 atom stereocenters. The minimum absolute atomic E-state index is 0.00891. The molecule has 0 unspecified atom stereocenters. The van der Waals surface area contributed by atoms with Crippen LogP contribution in [-0.2, 0) is 16.1 Å². The molecule has 6 heteroatoms. The van der Waals surface area contributed by atoms with Crippen molar-refractivity contribution in [2.24, 2.45) is 5.41 Å². The van der Waals surface area contributed by atoms with Gasteiger partial charge in [-0.2, -0.15) is 0 Å². The Hall–Kier alpha value is -3.33. The van der Waals surface area contributed by atoms with E-state index in [0.717, 1.165) is 11.3 Å². The third-order valence-corrected chi connectivity index (χ3v) is 4.09. The Morgan fingerprint density at radius 3 is 2.63 bits per heavy atom. The van der Waals surface area contributed by atoms with Gasteiger partial charge in [0.1, 0.15) is 18.6 Å². The van der Waals surface area contributed by atoms with Crippen LogP contribution in [0.15, 0.2) is 41.5 Å². The van der Waals surface area contributed by atoms with Crippen LogP contribution in [0.1, 0.15) is 37.6 Å². The summed E-state index contributed by atoms with van der Waals surface area (Å²) < 4.78 is 6.64. The second-order valence-electron chi connectivity index (χ2n) is 7.30. The van der Waals surface area contributed by atoms with Gasteiger partial charge in [0, 0.05) is 22.9 Å². The number of hydrogen-bond donors (Lipinski definition) is 1. The van der Waals surface area contributed by atoms with Gasteiger partial charge in [0.05, 0.1) is 10.8 Å². The van der Waals surface area contributed by atoms with Crippen molar-refractivity contribution in [2.75, 3.05) is 0 Å². The molecule has 27 heavy (non-hydrogen) atoms. The van der Waals surface area contributed by atoms with Crippen molar-refractivity contribution in [3.05, 3.63) is 63.8 Å². The first kappa shape index (κ1) is 18.5. The third kappa shape index (κ3) is 3.93. The normalized spacial score (nSPS) is 11.1. The molecular weight excluding hydrogens is 342 g/mol. The zero-order valence-electron chi connectivity index (χ0n) is 15.8. The quantitative estimate of drug-likeness (QED) is 0.561. The van der Waals surface area contributed by atoms with Gasteiger partial charge in [0.25, 0.3) is 5.56 Å². The highest BCUT2D eigenvalue weighted by Crippen LogP contribution is 2.21. The Bertz CT molecular complexity index is 1110. The van der Waals surface area contributed by atoms with Gasteiger partial charge in [-0.3, -0.25) is 9.59 Å². The number of benzene rings is 1.